The Hall–Kier alpha value is -3.10. The van der Waals surface area contributed by atoms with Crippen molar-refractivity contribution in [2.75, 3.05) is 6.54 Å². The Morgan fingerprint density at radius 2 is 1.85 bits per heavy atom. The first-order valence-corrected chi connectivity index (χ1v) is 11.4. The minimum atomic E-state index is -1.02. The molecule has 1 unspecified atom stereocenters. The third-order valence-corrected chi connectivity index (χ3v) is 5.61. The van der Waals surface area contributed by atoms with Crippen LogP contribution in [-0.4, -0.2) is 34.7 Å². The van der Waals surface area contributed by atoms with Crippen molar-refractivity contribution in [2.24, 2.45) is 0 Å². The van der Waals surface area contributed by atoms with Gasteiger partial charge in [-0.3, -0.25) is 4.79 Å². The third-order valence-electron chi connectivity index (χ3n) is 5.61. The van der Waals surface area contributed by atoms with E-state index in [4.69, 9.17) is 4.42 Å². The number of hydrogen-bond acceptors (Lipinski definition) is 5. The Bertz CT molecular complexity index is 1080. The Morgan fingerprint density at radius 3 is 2.47 bits per heavy atom. The highest BCUT2D eigenvalue weighted by molar-refractivity contribution is 5.73. The Morgan fingerprint density at radius 1 is 1.12 bits per heavy atom. The molecule has 0 spiro atoms. The topological polar surface area (TPSA) is 87.4 Å². The summed E-state index contributed by atoms with van der Waals surface area (Å²) in [4.78, 5) is 16.0. The monoisotopic (exact) mass is 471 g/mol. The lowest BCUT2D eigenvalue weighted by atomic mass is 9.98. The van der Waals surface area contributed by atoms with Crippen LogP contribution in [0, 0.1) is 18.6 Å². The summed E-state index contributed by atoms with van der Waals surface area (Å²) in [7, 11) is 0. The van der Waals surface area contributed by atoms with E-state index in [1.54, 1.807) is 6.20 Å². The fourth-order valence-corrected chi connectivity index (χ4v) is 3.94. The number of nitrogens with one attached hydrogen (secondary N) is 2. The van der Waals surface area contributed by atoms with Gasteiger partial charge in [-0.05, 0) is 48.6 Å². The van der Waals surface area contributed by atoms with Crippen LogP contribution in [0.15, 0.2) is 53.1 Å². The van der Waals surface area contributed by atoms with Crippen molar-refractivity contribution < 1.29 is 23.1 Å². The van der Waals surface area contributed by atoms with Gasteiger partial charge >= 0.3 is 0 Å². The Labute approximate surface area is 198 Å². The van der Waals surface area contributed by atoms with Crippen LogP contribution >= 0.6 is 0 Å². The molecule has 34 heavy (non-hydrogen) atoms. The molecule has 6 nitrogen and oxygen atoms in total. The molecule has 0 radical (unpaired) electrons. The first kappa shape index (κ1) is 25.5. The van der Waals surface area contributed by atoms with E-state index in [0.29, 0.717) is 23.6 Å². The number of nitrogens with zero attached hydrogens (tertiary/aromatic N) is 1. The van der Waals surface area contributed by atoms with Crippen LogP contribution in [-0.2, 0) is 24.1 Å². The van der Waals surface area contributed by atoms with E-state index in [9.17, 15) is 18.7 Å². The lowest BCUT2D eigenvalue weighted by Gasteiger charge is -2.27. The van der Waals surface area contributed by atoms with E-state index in [1.807, 2.05) is 19.1 Å². The van der Waals surface area contributed by atoms with Crippen molar-refractivity contribution in [3.8, 4) is 0 Å². The molecule has 3 atom stereocenters. The van der Waals surface area contributed by atoms with Crippen molar-refractivity contribution in [1.29, 1.82) is 0 Å². The van der Waals surface area contributed by atoms with Gasteiger partial charge in [-0.15, -0.1) is 0 Å². The van der Waals surface area contributed by atoms with Gasteiger partial charge in [-0.25, -0.2) is 13.8 Å². The minimum Gasteiger partial charge on any atom is -0.446 e. The minimum absolute atomic E-state index is 0.0754. The van der Waals surface area contributed by atoms with Crippen molar-refractivity contribution in [3.63, 3.8) is 0 Å². The summed E-state index contributed by atoms with van der Waals surface area (Å²) in [6.45, 7) is 5.37. The highest BCUT2D eigenvalue weighted by atomic mass is 19.1. The number of aliphatic hydroxyl groups excluding tert-OH is 1. The number of amides is 1. The molecule has 0 fully saturated rings. The van der Waals surface area contributed by atoms with Gasteiger partial charge in [0.25, 0.3) is 0 Å². The Kier molecular flexibility index (Phi) is 8.90. The normalized spacial score (nSPS) is 13.9. The lowest BCUT2D eigenvalue weighted by molar-refractivity contribution is -0.120. The van der Waals surface area contributed by atoms with Crippen LogP contribution in [0.5, 0.6) is 0 Å². The number of hydrogen-bond donors (Lipinski definition) is 3. The molecule has 1 heterocycles. The van der Waals surface area contributed by atoms with Gasteiger partial charge in [0.2, 0.25) is 5.91 Å². The average Bonchev–Trinajstić information content (AvgIpc) is 3.19. The molecule has 0 aliphatic carbocycles. The molecule has 1 aromatic heterocycles. The molecule has 0 bridgehead atoms. The summed E-state index contributed by atoms with van der Waals surface area (Å²) in [5.41, 5.74) is 2.54. The van der Waals surface area contributed by atoms with Gasteiger partial charge in [0.1, 0.15) is 17.4 Å². The van der Waals surface area contributed by atoms with Crippen molar-refractivity contribution in [3.05, 3.63) is 88.6 Å². The van der Waals surface area contributed by atoms with Gasteiger partial charge in [0, 0.05) is 32.0 Å². The molecular formula is C26H31F2N3O3. The summed E-state index contributed by atoms with van der Waals surface area (Å²) in [5, 5.41) is 17.0. The van der Waals surface area contributed by atoms with Crippen LogP contribution in [0.3, 0.4) is 0 Å². The second-order valence-electron chi connectivity index (χ2n) is 8.48. The average molecular weight is 472 g/mol. The summed E-state index contributed by atoms with van der Waals surface area (Å²) < 4.78 is 32.9. The van der Waals surface area contributed by atoms with Gasteiger partial charge in [0.05, 0.1) is 18.3 Å². The van der Waals surface area contributed by atoms with Crippen molar-refractivity contribution in [2.45, 2.75) is 58.2 Å². The zero-order valence-electron chi connectivity index (χ0n) is 19.6. The maximum atomic E-state index is 13.6. The first-order chi connectivity index (χ1) is 16.2. The van der Waals surface area contributed by atoms with E-state index in [-0.39, 0.29) is 24.9 Å². The molecule has 182 valence electrons. The zero-order chi connectivity index (χ0) is 24.7. The van der Waals surface area contributed by atoms with Crippen LogP contribution in [0.4, 0.5) is 8.78 Å². The summed E-state index contributed by atoms with van der Waals surface area (Å²) in [6, 6.07) is 10.4. The Balaban J connectivity index is 1.76. The van der Waals surface area contributed by atoms with Crippen LogP contribution < -0.4 is 10.6 Å². The molecule has 0 aliphatic heterocycles. The lowest BCUT2D eigenvalue weighted by Crippen LogP contribution is -2.48. The van der Waals surface area contributed by atoms with Crippen LogP contribution in [0.1, 0.15) is 48.2 Å². The van der Waals surface area contributed by atoms with Crippen LogP contribution in [0.2, 0.25) is 0 Å². The third kappa shape index (κ3) is 7.46. The number of carbonyl (C=O) groups excluding carboxylic acids is 1. The maximum absolute atomic E-state index is 13.6. The van der Waals surface area contributed by atoms with Gasteiger partial charge in [-0.1, -0.05) is 31.2 Å². The number of aliphatic hydroxyl groups is 1. The molecule has 0 saturated heterocycles. The van der Waals surface area contributed by atoms with Gasteiger partial charge in [0.15, 0.2) is 5.89 Å². The molecular weight excluding hydrogens is 440 g/mol. The molecule has 0 aliphatic rings. The number of oxazole rings is 1. The molecule has 8 heteroatoms. The van der Waals surface area contributed by atoms with Crippen molar-refractivity contribution >= 4 is 5.91 Å². The quantitative estimate of drug-likeness (QED) is 0.396. The smallest absolute Gasteiger partial charge is 0.217 e. The molecule has 3 N–H and O–H groups in total. The molecule has 3 aromatic rings. The van der Waals surface area contributed by atoms with E-state index < -0.39 is 23.8 Å². The molecule has 0 saturated carbocycles. The molecule has 3 rings (SSSR count). The summed E-state index contributed by atoms with van der Waals surface area (Å²) in [5.74, 6) is -0.477. The van der Waals surface area contributed by atoms with Crippen LogP contribution in [0.25, 0.3) is 0 Å². The fraction of sp³-hybridized carbons (Fsp3) is 0.385. The number of aryl methyl sites for hydroxylation is 2. The standard InChI is InChI=1S/C26H31F2N3O3/c1-4-18-6-5-7-20(8-18)23(13-26-30-14-16(2)34-26)29-15-25(33)24(31-17(3)32)11-19-9-21(27)12-22(28)10-19/h5-10,12,14,23-25,29,33H,4,11,13,15H2,1-3H3,(H,31,32)/t23?,24-,25+/m0/s1. The number of rotatable bonds is 11. The number of benzene rings is 2. The van der Waals surface area contributed by atoms with E-state index in [1.165, 1.54) is 24.6 Å². The second kappa shape index (κ2) is 11.9. The van der Waals surface area contributed by atoms with Gasteiger partial charge in [-0.2, -0.15) is 0 Å². The fourth-order valence-electron chi connectivity index (χ4n) is 3.94. The maximum Gasteiger partial charge on any atom is 0.217 e. The predicted molar refractivity (Wildman–Crippen MR) is 125 cm³/mol. The largest absolute Gasteiger partial charge is 0.446 e. The van der Waals surface area contributed by atoms with E-state index in [2.05, 4.69) is 34.7 Å². The van der Waals surface area contributed by atoms with E-state index in [0.717, 1.165) is 18.1 Å². The van der Waals surface area contributed by atoms with Crippen molar-refractivity contribution in [1.82, 2.24) is 15.6 Å². The zero-order valence-corrected chi connectivity index (χ0v) is 19.6. The number of halogens is 2. The number of carbonyl (C=O) groups is 1. The SMILES string of the molecule is CCc1cccc(C(Cc2ncc(C)o2)NC[C@@H](O)[C@H](Cc2cc(F)cc(F)c2)NC(C)=O)c1. The molecule has 2 aromatic carbocycles. The first-order valence-electron chi connectivity index (χ1n) is 11.4. The summed E-state index contributed by atoms with van der Waals surface area (Å²) in [6.07, 6.45) is 2.07. The molecule has 1 amide bonds. The van der Waals surface area contributed by atoms with E-state index >= 15 is 0 Å². The highest BCUT2D eigenvalue weighted by Gasteiger charge is 2.24. The summed E-state index contributed by atoms with van der Waals surface area (Å²) >= 11 is 0. The predicted octanol–water partition coefficient (Wildman–Crippen LogP) is 3.81. The highest BCUT2D eigenvalue weighted by Crippen LogP contribution is 2.21. The second-order valence-corrected chi connectivity index (χ2v) is 8.48. The number of aromatic nitrogens is 1. The van der Waals surface area contributed by atoms with Gasteiger partial charge < -0.3 is 20.2 Å².